The number of halogens is 1. The third kappa shape index (κ3) is 6.58. The van der Waals surface area contributed by atoms with E-state index in [9.17, 15) is 4.79 Å². The van der Waals surface area contributed by atoms with Crippen molar-refractivity contribution < 1.29 is 9.53 Å². The fraction of sp³-hybridized carbons (Fsp3) is 0.889. The van der Waals surface area contributed by atoms with Crippen LogP contribution in [0.25, 0.3) is 0 Å². The molecule has 1 saturated carbocycles. The van der Waals surface area contributed by atoms with E-state index in [1.54, 1.807) is 7.05 Å². The van der Waals surface area contributed by atoms with Gasteiger partial charge in [-0.1, -0.05) is 20.8 Å². The predicted octanol–water partition coefficient (Wildman–Crippen LogP) is 2.67. The van der Waals surface area contributed by atoms with E-state index in [-0.39, 0.29) is 35.3 Å². The van der Waals surface area contributed by atoms with Crippen LogP contribution in [0, 0.1) is 5.41 Å². The number of guanidine groups is 1. The molecule has 1 amide bonds. The van der Waals surface area contributed by atoms with Crippen molar-refractivity contribution in [2.45, 2.75) is 71.9 Å². The van der Waals surface area contributed by atoms with E-state index in [2.05, 4.69) is 41.7 Å². The Kier molecular flexibility index (Phi) is 12.4. The lowest BCUT2D eigenvalue weighted by Gasteiger charge is -2.55. The van der Waals surface area contributed by atoms with Gasteiger partial charge < -0.3 is 20.7 Å². The molecule has 7 heteroatoms. The second-order valence-corrected chi connectivity index (χ2v) is 6.42. The molecule has 0 bridgehead atoms. The molecule has 6 nitrogen and oxygen atoms in total. The maximum atomic E-state index is 11.6. The van der Waals surface area contributed by atoms with E-state index >= 15 is 0 Å². The van der Waals surface area contributed by atoms with Gasteiger partial charge in [0.1, 0.15) is 0 Å². The van der Waals surface area contributed by atoms with Gasteiger partial charge in [0.25, 0.3) is 0 Å². The van der Waals surface area contributed by atoms with Crippen LogP contribution in [-0.4, -0.2) is 50.8 Å². The highest BCUT2D eigenvalue weighted by molar-refractivity contribution is 14.0. The first-order valence-corrected chi connectivity index (χ1v) is 9.43. The number of ether oxygens (including phenoxy) is 1. The number of carbonyl (C=O) groups excluding carboxylic acids is 1. The molecule has 0 saturated heterocycles. The van der Waals surface area contributed by atoms with Crippen molar-refractivity contribution in [2.75, 3.05) is 26.7 Å². The van der Waals surface area contributed by atoms with Gasteiger partial charge in [-0.3, -0.25) is 9.79 Å². The molecule has 1 aliphatic rings. The van der Waals surface area contributed by atoms with Crippen LogP contribution >= 0.6 is 24.0 Å². The molecule has 0 aromatic rings. The van der Waals surface area contributed by atoms with E-state index in [0.717, 1.165) is 44.8 Å². The summed E-state index contributed by atoms with van der Waals surface area (Å²) in [5.74, 6) is 0.848. The summed E-state index contributed by atoms with van der Waals surface area (Å²) in [4.78, 5) is 15.9. The zero-order valence-corrected chi connectivity index (χ0v) is 18.8. The Morgan fingerprint density at radius 1 is 1.16 bits per heavy atom. The molecule has 2 atom stereocenters. The van der Waals surface area contributed by atoms with Crippen molar-refractivity contribution in [1.29, 1.82) is 0 Å². The molecule has 3 N–H and O–H groups in total. The molecular weight excluding hydrogens is 431 g/mol. The lowest BCUT2D eigenvalue weighted by atomic mass is 9.58. The highest BCUT2D eigenvalue weighted by Crippen LogP contribution is 2.48. The van der Waals surface area contributed by atoms with Gasteiger partial charge in [0.05, 0.1) is 6.10 Å². The van der Waals surface area contributed by atoms with Crippen molar-refractivity contribution in [3.05, 3.63) is 0 Å². The lowest BCUT2D eigenvalue weighted by molar-refractivity contribution is -0.133. The average Bonchev–Trinajstić information content (AvgIpc) is 2.58. The van der Waals surface area contributed by atoms with Gasteiger partial charge in [-0.2, -0.15) is 0 Å². The second-order valence-electron chi connectivity index (χ2n) is 6.42. The smallest absolute Gasteiger partial charge is 0.221 e. The fourth-order valence-corrected chi connectivity index (χ4v) is 3.59. The van der Waals surface area contributed by atoms with Crippen molar-refractivity contribution in [1.82, 2.24) is 16.0 Å². The maximum absolute atomic E-state index is 11.6. The minimum absolute atomic E-state index is 0. The molecule has 2 unspecified atom stereocenters. The SMILES string of the molecule is CCCNC(=O)CCNC(=NC)NC1CC(OCC)C1(CC)CC.I. The maximum Gasteiger partial charge on any atom is 0.221 e. The third-order valence-corrected chi connectivity index (χ3v) is 5.22. The van der Waals surface area contributed by atoms with Gasteiger partial charge in [0.2, 0.25) is 5.91 Å². The van der Waals surface area contributed by atoms with E-state index in [1.807, 2.05) is 6.92 Å². The first-order chi connectivity index (χ1) is 11.6. The van der Waals surface area contributed by atoms with Gasteiger partial charge >= 0.3 is 0 Å². The average molecular weight is 468 g/mol. The quantitative estimate of drug-likeness (QED) is 0.262. The first kappa shape index (κ1) is 24.4. The van der Waals surface area contributed by atoms with Gasteiger partial charge in [-0.15, -0.1) is 24.0 Å². The summed E-state index contributed by atoms with van der Waals surface area (Å²) < 4.78 is 5.92. The molecule has 25 heavy (non-hydrogen) atoms. The van der Waals surface area contributed by atoms with Crippen LogP contribution < -0.4 is 16.0 Å². The molecule has 0 radical (unpaired) electrons. The number of aliphatic imine (C=N–C) groups is 1. The van der Waals surface area contributed by atoms with Crippen LogP contribution in [0.1, 0.15) is 59.8 Å². The van der Waals surface area contributed by atoms with E-state index in [4.69, 9.17) is 4.74 Å². The third-order valence-electron chi connectivity index (χ3n) is 5.22. The Morgan fingerprint density at radius 2 is 1.84 bits per heavy atom. The summed E-state index contributed by atoms with van der Waals surface area (Å²) in [7, 11) is 1.77. The Labute approximate surface area is 170 Å². The zero-order chi connectivity index (χ0) is 18.0. The van der Waals surface area contributed by atoms with Gasteiger partial charge in [-0.25, -0.2) is 0 Å². The minimum Gasteiger partial charge on any atom is -0.378 e. The fourth-order valence-electron chi connectivity index (χ4n) is 3.59. The van der Waals surface area contributed by atoms with Crippen LogP contribution in [-0.2, 0) is 9.53 Å². The number of hydrogen-bond donors (Lipinski definition) is 3. The summed E-state index contributed by atoms with van der Waals surface area (Å²) >= 11 is 0. The second kappa shape index (κ2) is 12.7. The first-order valence-electron chi connectivity index (χ1n) is 9.43. The Balaban J connectivity index is 0.00000576. The summed E-state index contributed by atoms with van der Waals surface area (Å²) in [5.41, 5.74) is 0.173. The topological polar surface area (TPSA) is 74.8 Å². The van der Waals surface area contributed by atoms with Crippen molar-refractivity contribution in [3.63, 3.8) is 0 Å². The number of nitrogens with one attached hydrogen (secondary N) is 3. The molecule has 1 fully saturated rings. The summed E-state index contributed by atoms with van der Waals surface area (Å²) in [5, 5.41) is 9.66. The number of carbonyl (C=O) groups is 1. The highest BCUT2D eigenvalue weighted by atomic mass is 127. The summed E-state index contributed by atoms with van der Waals surface area (Å²) in [6.45, 7) is 10.7. The lowest BCUT2D eigenvalue weighted by Crippen LogP contribution is -2.65. The summed E-state index contributed by atoms with van der Waals surface area (Å²) in [6.07, 6.45) is 4.92. The van der Waals surface area contributed by atoms with Crippen LogP contribution in [0.4, 0.5) is 0 Å². The summed E-state index contributed by atoms with van der Waals surface area (Å²) in [6, 6.07) is 0.365. The van der Waals surface area contributed by atoms with Gasteiger partial charge in [0.15, 0.2) is 5.96 Å². The van der Waals surface area contributed by atoms with Crippen LogP contribution in [0.5, 0.6) is 0 Å². The number of hydrogen-bond acceptors (Lipinski definition) is 3. The largest absolute Gasteiger partial charge is 0.378 e. The minimum atomic E-state index is 0. The Hall–Kier alpha value is -0.570. The molecule has 1 rings (SSSR count). The van der Waals surface area contributed by atoms with Crippen molar-refractivity contribution >= 4 is 35.8 Å². The highest BCUT2D eigenvalue weighted by Gasteiger charge is 2.53. The van der Waals surface area contributed by atoms with Gasteiger partial charge in [0, 0.05) is 44.6 Å². The van der Waals surface area contributed by atoms with E-state index in [0.29, 0.717) is 25.1 Å². The van der Waals surface area contributed by atoms with Crippen molar-refractivity contribution in [2.24, 2.45) is 10.4 Å². The van der Waals surface area contributed by atoms with Crippen LogP contribution in [0.2, 0.25) is 0 Å². The molecule has 0 aromatic heterocycles. The van der Waals surface area contributed by atoms with Crippen LogP contribution in [0.3, 0.4) is 0 Å². The predicted molar refractivity (Wildman–Crippen MR) is 115 cm³/mol. The molecule has 0 heterocycles. The van der Waals surface area contributed by atoms with Crippen LogP contribution in [0.15, 0.2) is 4.99 Å². The van der Waals surface area contributed by atoms with Gasteiger partial charge in [-0.05, 0) is 32.6 Å². The number of amides is 1. The van der Waals surface area contributed by atoms with E-state index in [1.165, 1.54) is 0 Å². The Bertz CT molecular complexity index is 414. The monoisotopic (exact) mass is 468 g/mol. The molecule has 1 aliphatic carbocycles. The Morgan fingerprint density at radius 3 is 2.36 bits per heavy atom. The van der Waals surface area contributed by atoms with E-state index < -0.39 is 0 Å². The standard InChI is InChI=1S/C18H36N4O2.HI/c1-6-11-20-16(23)10-12-21-17(19-5)22-14-13-15(24-9-4)18(14,7-2)8-3;/h14-15H,6-13H2,1-5H3,(H,20,23)(H2,19,21,22);1H. The molecule has 148 valence electrons. The normalized spacial score (nSPS) is 21.7. The molecule has 0 aliphatic heterocycles. The number of rotatable bonds is 10. The molecule has 0 spiro atoms. The van der Waals surface area contributed by atoms with Crippen molar-refractivity contribution in [3.8, 4) is 0 Å². The number of nitrogens with zero attached hydrogens (tertiary/aromatic N) is 1. The molecule has 0 aromatic carbocycles. The molecular formula is C18H37IN4O2. The zero-order valence-electron chi connectivity index (χ0n) is 16.5.